The van der Waals surface area contributed by atoms with E-state index in [0.717, 1.165) is 6.54 Å². The minimum atomic E-state index is -0.0784. The summed E-state index contributed by atoms with van der Waals surface area (Å²) in [4.78, 5) is 0. The van der Waals surface area contributed by atoms with Gasteiger partial charge in [0.05, 0.1) is 0 Å². The number of nitrogens with one attached hydrogen (secondary N) is 2. The van der Waals surface area contributed by atoms with Crippen LogP contribution in [0.4, 0.5) is 0 Å². The molecule has 1 atom stereocenters. The SMILES string of the molecule is CCNP(C)NC. The van der Waals surface area contributed by atoms with Crippen LogP contribution in [0.3, 0.4) is 0 Å². The molecular weight excluding hydrogens is 107 g/mol. The molecule has 0 aliphatic heterocycles. The smallest absolute Gasteiger partial charge is 0.0302 e. The van der Waals surface area contributed by atoms with E-state index in [-0.39, 0.29) is 8.22 Å². The van der Waals surface area contributed by atoms with Gasteiger partial charge in [-0.1, -0.05) is 6.92 Å². The van der Waals surface area contributed by atoms with Gasteiger partial charge in [0, 0.05) is 8.22 Å². The molecule has 0 aromatic rings. The van der Waals surface area contributed by atoms with Gasteiger partial charge in [-0.2, -0.15) is 0 Å². The van der Waals surface area contributed by atoms with Crippen molar-refractivity contribution >= 4 is 8.22 Å². The van der Waals surface area contributed by atoms with Crippen molar-refractivity contribution in [3.8, 4) is 0 Å². The Balaban J connectivity index is 2.83. The second kappa shape index (κ2) is 4.51. The van der Waals surface area contributed by atoms with Crippen LogP contribution >= 0.6 is 8.22 Å². The molecule has 0 spiro atoms. The third-order valence-electron chi connectivity index (χ3n) is 0.731. The summed E-state index contributed by atoms with van der Waals surface area (Å²) in [5.74, 6) is 0. The normalized spacial score (nSPS) is 14.1. The van der Waals surface area contributed by atoms with Gasteiger partial charge in [-0.3, -0.25) is 10.2 Å². The third kappa shape index (κ3) is 4.20. The molecule has 0 heterocycles. The van der Waals surface area contributed by atoms with E-state index in [1.54, 1.807) is 0 Å². The Kier molecular flexibility index (Phi) is 4.73. The van der Waals surface area contributed by atoms with Gasteiger partial charge < -0.3 is 0 Å². The van der Waals surface area contributed by atoms with Crippen LogP contribution in [-0.2, 0) is 0 Å². The monoisotopic (exact) mass is 120 g/mol. The standard InChI is InChI=1S/C4H13N2P/c1-4-6-7(3)5-2/h5-6H,4H2,1-3H3. The average Bonchev–Trinajstić information content (AvgIpc) is 1.68. The van der Waals surface area contributed by atoms with E-state index in [1.165, 1.54) is 0 Å². The Bertz CT molecular complexity index is 40.7. The first-order valence-electron chi connectivity index (χ1n) is 2.46. The molecule has 0 amide bonds. The first-order valence-corrected chi connectivity index (χ1v) is 4.24. The summed E-state index contributed by atoms with van der Waals surface area (Å²) in [7, 11) is 1.89. The molecule has 0 aliphatic carbocycles. The quantitative estimate of drug-likeness (QED) is 0.537. The van der Waals surface area contributed by atoms with E-state index in [1.807, 2.05) is 7.05 Å². The molecule has 0 aromatic heterocycles. The molecule has 2 N–H and O–H groups in total. The molecular formula is C4H13N2P. The molecule has 0 aromatic carbocycles. The van der Waals surface area contributed by atoms with Crippen molar-refractivity contribution in [2.24, 2.45) is 0 Å². The maximum absolute atomic E-state index is 3.25. The molecule has 0 saturated heterocycles. The lowest BCUT2D eigenvalue weighted by atomic mass is 10.8. The molecule has 0 saturated carbocycles. The maximum atomic E-state index is 3.25. The van der Waals surface area contributed by atoms with Gasteiger partial charge in [-0.15, -0.1) is 0 Å². The van der Waals surface area contributed by atoms with Crippen molar-refractivity contribution in [2.75, 3.05) is 20.3 Å². The highest BCUT2D eigenvalue weighted by atomic mass is 31.1. The van der Waals surface area contributed by atoms with E-state index in [4.69, 9.17) is 0 Å². The average molecular weight is 120 g/mol. The first kappa shape index (κ1) is 7.35. The lowest BCUT2D eigenvalue weighted by molar-refractivity contribution is 0.994. The lowest BCUT2D eigenvalue weighted by Gasteiger charge is -2.08. The van der Waals surface area contributed by atoms with Crippen LogP contribution in [-0.4, -0.2) is 20.3 Å². The van der Waals surface area contributed by atoms with Crippen LogP contribution in [0.2, 0.25) is 0 Å². The lowest BCUT2D eigenvalue weighted by Crippen LogP contribution is -2.12. The molecule has 0 fully saturated rings. The zero-order chi connectivity index (χ0) is 5.70. The molecule has 2 nitrogen and oxygen atoms in total. The molecule has 44 valence electrons. The summed E-state index contributed by atoms with van der Waals surface area (Å²) in [6, 6.07) is 0. The fourth-order valence-corrected chi connectivity index (χ4v) is 0.949. The Morgan fingerprint density at radius 3 is 2.29 bits per heavy atom. The van der Waals surface area contributed by atoms with Gasteiger partial charge in [0.25, 0.3) is 0 Å². The zero-order valence-corrected chi connectivity index (χ0v) is 6.05. The molecule has 7 heavy (non-hydrogen) atoms. The van der Waals surface area contributed by atoms with Crippen LogP contribution in [0.1, 0.15) is 6.92 Å². The fourth-order valence-electron chi connectivity index (χ4n) is 0.316. The highest BCUT2D eigenvalue weighted by molar-refractivity contribution is 7.52. The summed E-state index contributed by atoms with van der Waals surface area (Å²) in [6.07, 6.45) is 0. The van der Waals surface area contributed by atoms with Gasteiger partial charge in [-0.05, 0) is 20.3 Å². The van der Waals surface area contributed by atoms with Crippen molar-refractivity contribution in [2.45, 2.75) is 6.92 Å². The van der Waals surface area contributed by atoms with Crippen molar-refractivity contribution < 1.29 is 0 Å². The van der Waals surface area contributed by atoms with Gasteiger partial charge in [0.2, 0.25) is 0 Å². The Labute approximate surface area is 46.5 Å². The molecule has 0 bridgehead atoms. The van der Waals surface area contributed by atoms with Crippen LogP contribution in [0, 0.1) is 0 Å². The topological polar surface area (TPSA) is 24.1 Å². The Hall–Kier alpha value is 0.350. The van der Waals surface area contributed by atoms with E-state index >= 15 is 0 Å². The minimum absolute atomic E-state index is 0.0784. The van der Waals surface area contributed by atoms with Crippen molar-refractivity contribution in [1.29, 1.82) is 0 Å². The summed E-state index contributed by atoms with van der Waals surface area (Å²) in [6.45, 7) is 5.32. The summed E-state index contributed by atoms with van der Waals surface area (Å²) < 4.78 is 0. The van der Waals surface area contributed by atoms with E-state index in [0.29, 0.717) is 0 Å². The molecule has 0 rings (SSSR count). The van der Waals surface area contributed by atoms with Gasteiger partial charge in [0.15, 0.2) is 0 Å². The summed E-state index contributed by atoms with van der Waals surface area (Å²) >= 11 is 0. The molecule has 0 radical (unpaired) electrons. The second-order valence-corrected chi connectivity index (χ2v) is 3.18. The predicted molar refractivity (Wildman–Crippen MR) is 35.6 cm³/mol. The van der Waals surface area contributed by atoms with Gasteiger partial charge >= 0.3 is 0 Å². The van der Waals surface area contributed by atoms with Crippen LogP contribution in [0.25, 0.3) is 0 Å². The number of hydrogen-bond acceptors (Lipinski definition) is 2. The Morgan fingerprint density at radius 2 is 2.14 bits per heavy atom. The first-order chi connectivity index (χ1) is 3.31. The highest BCUT2D eigenvalue weighted by Crippen LogP contribution is 2.14. The van der Waals surface area contributed by atoms with E-state index in [2.05, 4.69) is 23.8 Å². The second-order valence-electron chi connectivity index (χ2n) is 1.29. The highest BCUT2D eigenvalue weighted by Gasteiger charge is 1.88. The third-order valence-corrected chi connectivity index (χ3v) is 2.19. The number of rotatable bonds is 3. The fraction of sp³-hybridized carbons (Fsp3) is 1.00. The van der Waals surface area contributed by atoms with Crippen LogP contribution in [0.15, 0.2) is 0 Å². The van der Waals surface area contributed by atoms with Crippen LogP contribution < -0.4 is 10.2 Å². The van der Waals surface area contributed by atoms with Gasteiger partial charge in [-0.25, -0.2) is 0 Å². The summed E-state index contributed by atoms with van der Waals surface area (Å²) in [5, 5.41) is 6.37. The van der Waals surface area contributed by atoms with Crippen molar-refractivity contribution in [1.82, 2.24) is 10.2 Å². The molecule has 1 unspecified atom stereocenters. The van der Waals surface area contributed by atoms with E-state index in [9.17, 15) is 0 Å². The van der Waals surface area contributed by atoms with E-state index < -0.39 is 0 Å². The van der Waals surface area contributed by atoms with Gasteiger partial charge in [0.1, 0.15) is 0 Å². The Morgan fingerprint density at radius 1 is 1.57 bits per heavy atom. The summed E-state index contributed by atoms with van der Waals surface area (Å²) in [5.41, 5.74) is 0. The molecule has 0 aliphatic rings. The number of hydrogen-bond donors (Lipinski definition) is 2. The maximum Gasteiger partial charge on any atom is 0.0302 e. The molecule has 3 heteroatoms. The van der Waals surface area contributed by atoms with Crippen LogP contribution in [0.5, 0.6) is 0 Å². The van der Waals surface area contributed by atoms with Crippen molar-refractivity contribution in [3.63, 3.8) is 0 Å². The zero-order valence-electron chi connectivity index (χ0n) is 5.15. The minimum Gasteiger partial charge on any atom is -0.287 e. The largest absolute Gasteiger partial charge is 0.287 e. The van der Waals surface area contributed by atoms with Crippen molar-refractivity contribution in [3.05, 3.63) is 0 Å². The predicted octanol–water partition coefficient (Wildman–Crippen LogP) is 0.757.